The summed E-state index contributed by atoms with van der Waals surface area (Å²) in [5.74, 6) is -0.887. The molecule has 0 aliphatic carbocycles. The third-order valence-corrected chi connectivity index (χ3v) is 2.33. The summed E-state index contributed by atoms with van der Waals surface area (Å²) < 4.78 is 13.2. The molecule has 1 atom stereocenters. The van der Waals surface area contributed by atoms with Gasteiger partial charge in [-0.05, 0) is 24.4 Å². The monoisotopic (exact) mass is 335 g/mol. The van der Waals surface area contributed by atoms with Crippen molar-refractivity contribution in [2.24, 2.45) is 10.9 Å². The standard InChI is InChI=1S/C12H21N3O8/c1-8(15-23-12(18)20-3)21-10(16)9(13)6-4-5-7-14-22-11(17)19-2/h9,14H,4-7,13H2,1-3H3/t9-/m0/s1. The molecule has 0 unspecified atom stereocenters. The molecule has 0 spiro atoms. The lowest BCUT2D eigenvalue weighted by Gasteiger charge is -2.10. The summed E-state index contributed by atoms with van der Waals surface area (Å²) in [6.07, 6.45) is -0.330. The number of nitrogens with one attached hydrogen (secondary N) is 1. The van der Waals surface area contributed by atoms with Crippen LogP contribution in [0, 0.1) is 0 Å². The second kappa shape index (κ2) is 12.2. The molecule has 23 heavy (non-hydrogen) atoms. The molecule has 0 aliphatic rings. The van der Waals surface area contributed by atoms with Crippen LogP contribution in [-0.4, -0.2) is 51.0 Å². The number of hydrogen-bond acceptors (Lipinski definition) is 11. The van der Waals surface area contributed by atoms with Crippen LogP contribution < -0.4 is 11.2 Å². The number of nitrogens with zero attached hydrogens (tertiary/aromatic N) is 1. The molecule has 0 amide bonds. The summed E-state index contributed by atoms with van der Waals surface area (Å²) in [5.41, 5.74) is 8.04. The minimum atomic E-state index is -1.04. The molecule has 0 fully saturated rings. The van der Waals surface area contributed by atoms with E-state index in [-0.39, 0.29) is 5.90 Å². The summed E-state index contributed by atoms with van der Waals surface area (Å²) in [4.78, 5) is 41.6. The number of esters is 1. The highest BCUT2D eigenvalue weighted by Gasteiger charge is 2.16. The summed E-state index contributed by atoms with van der Waals surface area (Å²) in [6.45, 7) is 1.70. The highest BCUT2D eigenvalue weighted by molar-refractivity contribution is 5.89. The number of nitrogens with two attached hydrogens (primary N) is 1. The molecule has 11 nitrogen and oxygen atoms in total. The normalized spacial score (nSPS) is 12.1. The van der Waals surface area contributed by atoms with Crippen LogP contribution in [-0.2, 0) is 28.7 Å². The fourth-order valence-electron chi connectivity index (χ4n) is 1.21. The Kier molecular flexibility index (Phi) is 10.9. The molecule has 3 N–H and O–H groups in total. The van der Waals surface area contributed by atoms with E-state index in [1.807, 2.05) is 0 Å². The number of oxime groups is 1. The maximum atomic E-state index is 11.6. The van der Waals surface area contributed by atoms with Crippen molar-refractivity contribution in [2.75, 3.05) is 20.8 Å². The summed E-state index contributed by atoms with van der Waals surface area (Å²) in [5, 5.41) is 3.24. The second-order valence-electron chi connectivity index (χ2n) is 4.13. The van der Waals surface area contributed by atoms with Crippen LogP contribution in [0.4, 0.5) is 9.59 Å². The Hall–Kier alpha value is -2.40. The van der Waals surface area contributed by atoms with Crippen LogP contribution in [0.3, 0.4) is 0 Å². The largest absolute Gasteiger partial charge is 0.534 e. The Morgan fingerprint density at radius 2 is 1.78 bits per heavy atom. The van der Waals surface area contributed by atoms with Crippen molar-refractivity contribution in [1.29, 1.82) is 0 Å². The van der Waals surface area contributed by atoms with Crippen LogP contribution in [0.1, 0.15) is 26.2 Å². The zero-order chi connectivity index (χ0) is 17.7. The maximum absolute atomic E-state index is 11.6. The fraction of sp³-hybridized carbons (Fsp3) is 0.667. The average Bonchev–Trinajstić information content (AvgIpc) is 2.54. The summed E-state index contributed by atoms with van der Waals surface area (Å²) in [7, 11) is 2.30. The first-order valence-corrected chi connectivity index (χ1v) is 6.65. The van der Waals surface area contributed by atoms with Gasteiger partial charge < -0.3 is 24.8 Å². The van der Waals surface area contributed by atoms with Gasteiger partial charge in [0.2, 0.25) is 5.90 Å². The van der Waals surface area contributed by atoms with Crippen molar-refractivity contribution < 1.29 is 38.3 Å². The van der Waals surface area contributed by atoms with E-state index < -0.39 is 24.3 Å². The van der Waals surface area contributed by atoms with Crippen molar-refractivity contribution in [3.8, 4) is 0 Å². The average molecular weight is 335 g/mol. The molecular weight excluding hydrogens is 314 g/mol. The number of unbranched alkanes of at least 4 members (excludes halogenated alkanes) is 1. The Morgan fingerprint density at radius 3 is 2.39 bits per heavy atom. The SMILES string of the molecule is COC(=O)ON=C(C)OC(=O)[C@@H](N)CCCCNOC(=O)OC. The van der Waals surface area contributed by atoms with E-state index in [1.54, 1.807) is 0 Å². The van der Waals surface area contributed by atoms with Crippen molar-refractivity contribution >= 4 is 24.2 Å². The zero-order valence-corrected chi connectivity index (χ0v) is 13.2. The Balaban J connectivity index is 3.85. The van der Waals surface area contributed by atoms with Crippen molar-refractivity contribution in [1.82, 2.24) is 5.48 Å². The number of carbonyl (C=O) groups excluding carboxylic acids is 3. The van der Waals surface area contributed by atoms with E-state index in [1.165, 1.54) is 14.0 Å². The Bertz CT molecular complexity index is 427. The van der Waals surface area contributed by atoms with Gasteiger partial charge in [-0.1, -0.05) is 0 Å². The first kappa shape index (κ1) is 20.6. The molecule has 0 heterocycles. The predicted molar refractivity (Wildman–Crippen MR) is 76.0 cm³/mol. The Labute approximate surface area is 132 Å². The molecule has 0 aromatic rings. The van der Waals surface area contributed by atoms with Gasteiger partial charge in [0, 0.05) is 13.5 Å². The van der Waals surface area contributed by atoms with E-state index >= 15 is 0 Å². The van der Waals surface area contributed by atoms with Crippen LogP contribution >= 0.6 is 0 Å². The highest BCUT2D eigenvalue weighted by atomic mass is 16.8. The highest BCUT2D eigenvalue weighted by Crippen LogP contribution is 2.01. The van der Waals surface area contributed by atoms with Crippen LogP contribution in [0.5, 0.6) is 0 Å². The molecule has 0 radical (unpaired) electrons. The van der Waals surface area contributed by atoms with Gasteiger partial charge >= 0.3 is 18.3 Å². The van der Waals surface area contributed by atoms with Gasteiger partial charge in [-0.15, -0.1) is 5.48 Å². The smallest absolute Gasteiger partial charge is 0.436 e. The summed E-state index contributed by atoms with van der Waals surface area (Å²) >= 11 is 0. The topological polar surface area (TPSA) is 148 Å². The minimum absolute atomic E-state index is 0.177. The lowest BCUT2D eigenvalue weighted by molar-refractivity contribution is -0.137. The van der Waals surface area contributed by atoms with Crippen molar-refractivity contribution in [2.45, 2.75) is 32.2 Å². The zero-order valence-electron chi connectivity index (χ0n) is 13.2. The minimum Gasteiger partial charge on any atom is -0.436 e. The number of rotatable bonds is 8. The molecular formula is C12H21N3O8. The van der Waals surface area contributed by atoms with Crippen LogP contribution in [0.25, 0.3) is 0 Å². The van der Waals surface area contributed by atoms with Gasteiger partial charge in [0.25, 0.3) is 0 Å². The molecule has 0 rings (SSSR count). The van der Waals surface area contributed by atoms with Crippen molar-refractivity contribution in [3.05, 3.63) is 0 Å². The van der Waals surface area contributed by atoms with Crippen LogP contribution in [0.15, 0.2) is 5.16 Å². The molecule has 0 aromatic heterocycles. The van der Waals surface area contributed by atoms with Gasteiger partial charge in [-0.25, -0.2) is 14.4 Å². The van der Waals surface area contributed by atoms with E-state index in [4.69, 9.17) is 10.5 Å². The predicted octanol–water partition coefficient (Wildman–Crippen LogP) is 0.431. The quantitative estimate of drug-likeness (QED) is 0.122. The second-order valence-corrected chi connectivity index (χ2v) is 4.13. The van der Waals surface area contributed by atoms with E-state index in [9.17, 15) is 14.4 Å². The van der Waals surface area contributed by atoms with Gasteiger partial charge in [0.15, 0.2) is 0 Å². The molecule has 0 aromatic carbocycles. The molecule has 132 valence electrons. The number of ether oxygens (including phenoxy) is 3. The van der Waals surface area contributed by atoms with Crippen molar-refractivity contribution in [3.63, 3.8) is 0 Å². The van der Waals surface area contributed by atoms with Gasteiger partial charge in [0.1, 0.15) is 6.04 Å². The van der Waals surface area contributed by atoms with Gasteiger partial charge in [0.05, 0.1) is 14.2 Å². The van der Waals surface area contributed by atoms with E-state index in [2.05, 4.69) is 29.8 Å². The third kappa shape index (κ3) is 10.9. The third-order valence-electron chi connectivity index (χ3n) is 2.33. The fourth-order valence-corrected chi connectivity index (χ4v) is 1.21. The molecule has 0 saturated heterocycles. The number of methoxy groups -OCH3 is 2. The summed E-state index contributed by atoms with van der Waals surface area (Å²) in [6, 6.07) is -0.861. The number of hydroxylamine groups is 1. The number of carbonyl (C=O) groups is 3. The Morgan fingerprint density at radius 1 is 1.13 bits per heavy atom. The van der Waals surface area contributed by atoms with Crippen LogP contribution in [0.2, 0.25) is 0 Å². The molecule has 11 heteroatoms. The first-order valence-electron chi connectivity index (χ1n) is 6.65. The van der Waals surface area contributed by atoms with E-state index in [0.717, 1.165) is 7.11 Å². The van der Waals surface area contributed by atoms with Gasteiger partial charge in [-0.3, -0.25) is 4.84 Å². The maximum Gasteiger partial charge on any atom is 0.534 e. The van der Waals surface area contributed by atoms with E-state index in [0.29, 0.717) is 25.8 Å². The lowest BCUT2D eigenvalue weighted by Crippen LogP contribution is -2.33. The lowest BCUT2D eigenvalue weighted by atomic mass is 10.1. The van der Waals surface area contributed by atoms with Gasteiger partial charge in [-0.2, -0.15) is 0 Å². The first-order chi connectivity index (χ1) is 10.9. The molecule has 0 saturated carbocycles. The molecule has 0 aliphatic heterocycles. The molecule has 0 bridgehead atoms. The number of hydrogen-bond donors (Lipinski definition) is 2.